The zero-order valence-corrected chi connectivity index (χ0v) is 19.8. The Morgan fingerprint density at radius 3 is 2.70 bits per heavy atom. The Morgan fingerprint density at radius 2 is 1.91 bits per heavy atom. The van der Waals surface area contributed by atoms with Crippen LogP contribution < -0.4 is 10.3 Å². The topological polar surface area (TPSA) is 56.5 Å². The first-order valence-corrected chi connectivity index (χ1v) is 11.6. The monoisotopic (exact) mass is 507 g/mol. The molecule has 0 unspecified atom stereocenters. The van der Waals surface area contributed by atoms with E-state index in [0.29, 0.717) is 35.5 Å². The SMILES string of the molecule is CCCCc1nc2ccc(Br)cc2c(=O)n1N=Cc1ccccc1OCc1ccc(F)cc1. The van der Waals surface area contributed by atoms with Crippen molar-refractivity contribution in [3.8, 4) is 5.75 Å². The van der Waals surface area contributed by atoms with Crippen LogP contribution in [0.4, 0.5) is 4.39 Å². The summed E-state index contributed by atoms with van der Waals surface area (Å²) in [6, 6.07) is 19.1. The van der Waals surface area contributed by atoms with Gasteiger partial charge in [0.2, 0.25) is 0 Å². The number of ether oxygens (including phenoxy) is 1. The first-order chi connectivity index (χ1) is 16.0. The number of halogens is 2. The van der Waals surface area contributed by atoms with Crippen molar-refractivity contribution in [3.05, 3.63) is 104 Å². The Hall–Kier alpha value is -3.32. The molecule has 0 atom stereocenters. The molecule has 4 aromatic rings. The zero-order valence-electron chi connectivity index (χ0n) is 18.2. The lowest BCUT2D eigenvalue weighted by Gasteiger charge is -2.11. The highest BCUT2D eigenvalue weighted by Gasteiger charge is 2.11. The molecule has 0 amide bonds. The van der Waals surface area contributed by atoms with E-state index < -0.39 is 0 Å². The fourth-order valence-corrected chi connectivity index (χ4v) is 3.75. The lowest BCUT2D eigenvalue weighted by Crippen LogP contribution is -2.22. The van der Waals surface area contributed by atoms with Crippen LogP contribution in [-0.4, -0.2) is 15.9 Å². The van der Waals surface area contributed by atoms with Crippen molar-refractivity contribution in [2.75, 3.05) is 0 Å². The van der Waals surface area contributed by atoms with Crippen LogP contribution in [-0.2, 0) is 13.0 Å². The van der Waals surface area contributed by atoms with E-state index in [4.69, 9.17) is 9.72 Å². The van der Waals surface area contributed by atoms with Gasteiger partial charge < -0.3 is 4.74 Å². The Balaban J connectivity index is 1.67. The summed E-state index contributed by atoms with van der Waals surface area (Å²) in [6.07, 6.45) is 4.15. The third-order valence-corrected chi connectivity index (χ3v) is 5.66. The lowest BCUT2D eigenvalue weighted by atomic mass is 10.2. The molecule has 0 saturated carbocycles. The van der Waals surface area contributed by atoms with Gasteiger partial charge in [0.25, 0.3) is 5.56 Å². The molecule has 0 aliphatic rings. The van der Waals surface area contributed by atoms with Gasteiger partial charge in [0, 0.05) is 16.5 Å². The van der Waals surface area contributed by atoms with E-state index in [2.05, 4.69) is 28.0 Å². The number of aryl methyl sites for hydroxylation is 1. The van der Waals surface area contributed by atoms with Gasteiger partial charge in [-0.15, -0.1) is 0 Å². The molecule has 0 aliphatic carbocycles. The predicted octanol–water partition coefficient (Wildman–Crippen LogP) is 6.10. The summed E-state index contributed by atoms with van der Waals surface area (Å²) in [4.78, 5) is 17.9. The minimum Gasteiger partial charge on any atom is -0.488 e. The summed E-state index contributed by atoms with van der Waals surface area (Å²) >= 11 is 3.43. The largest absolute Gasteiger partial charge is 0.488 e. The molecule has 168 valence electrons. The van der Waals surface area contributed by atoms with E-state index in [0.717, 1.165) is 28.4 Å². The van der Waals surface area contributed by atoms with Gasteiger partial charge in [0.15, 0.2) is 0 Å². The molecule has 0 fully saturated rings. The third-order valence-electron chi connectivity index (χ3n) is 5.17. The van der Waals surface area contributed by atoms with Gasteiger partial charge in [-0.1, -0.05) is 53.5 Å². The highest BCUT2D eigenvalue weighted by atomic mass is 79.9. The van der Waals surface area contributed by atoms with Crippen LogP contribution in [0.2, 0.25) is 0 Å². The number of fused-ring (bicyclic) bond motifs is 1. The fourth-order valence-electron chi connectivity index (χ4n) is 3.39. The predicted molar refractivity (Wildman–Crippen MR) is 132 cm³/mol. The van der Waals surface area contributed by atoms with Crippen molar-refractivity contribution in [1.82, 2.24) is 9.66 Å². The summed E-state index contributed by atoms with van der Waals surface area (Å²) in [5.41, 5.74) is 2.02. The number of unbranched alkanes of at least 4 members (excludes halogenated alkanes) is 1. The second-order valence-electron chi connectivity index (χ2n) is 7.61. The second kappa shape index (κ2) is 10.5. The standard InChI is InChI=1S/C26H23BrFN3O2/c1-2-3-8-25-30-23-14-11-20(27)15-22(23)26(32)31(25)29-16-19-6-4-5-7-24(19)33-17-18-9-12-21(28)13-10-18/h4-7,9-16H,2-3,8,17H2,1H3. The highest BCUT2D eigenvalue weighted by Crippen LogP contribution is 2.19. The number of hydrogen-bond acceptors (Lipinski definition) is 4. The number of nitrogens with zero attached hydrogens (tertiary/aromatic N) is 3. The van der Waals surface area contributed by atoms with Crippen LogP contribution in [0, 0.1) is 5.82 Å². The van der Waals surface area contributed by atoms with Crippen molar-refractivity contribution in [2.24, 2.45) is 5.10 Å². The molecule has 0 aliphatic heterocycles. The molecular weight excluding hydrogens is 485 g/mol. The van der Waals surface area contributed by atoms with Gasteiger partial charge in [-0.05, 0) is 54.4 Å². The Labute approximate surface area is 199 Å². The average molecular weight is 508 g/mol. The maximum absolute atomic E-state index is 13.2. The molecule has 0 bridgehead atoms. The van der Waals surface area contributed by atoms with Gasteiger partial charge in [0.1, 0.15) is 24.0 Å². The van der Waals surface area contributed by atoms with Crippen LogP contribution in [0.3, 0.4) is 0 Å². The first-order valence-electron chi connectivity index (χ1n) is 10.8. The minimum atomic E-state index is -0.286. The lowest BCUT2D eigenvalue weighted by molar-refractivity contribution is 0.305. The second-order valence-corrected chi connectivity index (χ2v) is 8.52. The van der Waals surface area contributed by atoms with Crippen molar-refractivity contribution >= 4 is 33.0 Å². The quantitative estimate of drug-likeness (QED) is 0.270. The van der Waals surface area contributed by atoms with Crippen LogP contribution in [0.1, 0.15) is 36.7 Å². The smallest absolute Gasteiger partial charge is 0.282 e. The average Bonchev–Trinajstić information content (AvgIpc) is 2.83. The third kappa shape index (κ3) is 5.54. The Kier molecular flexibility index (Phi) is 7.29. The van der Waals surface area contributed by atoms with Crippen molar-refractivity contribution in [2.45, 2.75) is 32.8 Å². The first kappa shape index (κ1) is 22.9. The molecule has 1 aromatic heterocycles. The number of rotatable bonds is 8. The summed E-state index contributed by atoms with van der Waals surface area (Å²) in [5.74, 6) is 0.953. The minimum absolute atomic E-state index is 0.214. The zero-order chi connectivity index (χ0) is 23.2. The van der Waals surface area contributed by atoms with Crippen molar-refractivity contribution in [1.29, 1.82) is 0 Å². The van der Waals surface area contributed by atoms with E-state index in [1.165, 1.54) is 16.8 Å². The Morgan fingerprint density at radius 1 is 1.12 bits per heavy atom. The molecule has 0 saturated heterocycles. The number of benzene rings is 3. The molecular formula is C26H23BrFN3O2. The highest BCUT2D eigenvalue weighted by molar-refractivity contribution is 9.10. The van der Waals surface area contributed by atoms with Gasteiger partial charge in [-0.25, -0.2) is 9.37 Å². The molecule has 5 nitrogen and oxygen atoms in total. The molecule has 0 N–H and O–H groups in total. The summed E-state index contributed by atoms with van der Waals surface area (Å²) in [6.45, 7) is 2.39. The maximum atomic E-state index is 13.2. The van der Waals surface area contributed by atoms with Crippen LogP contribution in [0.5, 0.6) is 5.75 Å². The molecule has 33 heavy (non-hydrogen) atoms. The maximum Gasteiger partial charge on any atom is 0.282 e. The van der Waals surface area contributed by atoms with Crippen LogP contribution >= 0.6 is 15.9 Å². The number of para-hydroxylation sites is 1. The van der Waals surface area contributed by atoms with Gasteiger partial charge in [-0.3, -0.25) is 4.79 Å². The van der Waals surface area contributed by atoms with Crippen molar-refractivity contribution in [3.63, 3.8) is 0 Å². The summed E-state index contributed by atoms with van der Waals surface area (Å²) in [5, 5.41) is 5.01. The Bertz CT molecular complexity index is 1350. The van der Waals surface area contributed by atoms with Gasteiger partial charge in [0.05, 0.1) is 17.1 Å². The summed E-state index contributed by atoms with van der Waals surface area (Å²) in [7, 11) is 0. The van der Waals surface area contributed by atoms with E-state index in [1.54, 1.807) is 24.4 Å². The van der Waals surface area contributed by atoms with Gasteiger partial charge in [-0.2, -0.15) is 9.78 Å². The number of hydrogen-bond donors (Lipinski definition) is 0. The molecule has 1 heterocycles. The molecule has 0 radical (unpaired) electrons. The van der Waals surface area contributed by atoms with E-state index in [9.17, 15) is 9.18 Å². The summed E-state index contributed by atoms with van der Waals surface area (Å²) < 4.78 is 21.3. The van der Waals surface area contributed by atoms with Crippen molar-refractivity contribution < 1.29 is 9.13 Å². The molecule has 4 rings (SSSR count). The molecule has 7 heteroatoms. The van der Waals surface area contributed by atoms with E-state index in [-0.39, 0.29) is 11.4 Å². The van der Waals surface area contributed by atoms with Crippen LogP contribution in [0.15, 0.2) is 81.1 Å². The molecule has 0 spiro atoms. The number of aromatic nitrogens is 2. The van der Waals surface area contributed by atoms with E-state index in [1.807, 2.05) is 36.4 Å². The fraction of sp³-hybridized carbons (Fsp3) is 0.192. The normalized spacial score (nSPS) is 11.4. The van der Waals surface area contributed by atoms with Gasteiger partial charge >= 0.3 is 0 Å². The van der Waals surface area contributed by atoms with Crippen LogP contribution in [0.25, 0.3) is 10.9 Å². The molecule has 3 aromatic carbocycles. The van der Waals surface area contributed by atoms with E-state index >= 15 is 0 Å².